The van der Waals surface area contributed by atoms with Crippen LogP contribution in [-0.4, -0.2) is 54.2 Å². The number of fused-ring (bicyclic) bond motifs is 1. The molecular formula is C16H25CaNSi2. The molecule has 0 heterocycles. The van der Waals surface area contributed by atoms with Crippen LogP contribution in [0.1, 0.15) is 0 Å². The van der Waals surface area contributed by atoms with E-state index in [4.69, 9.17) is 4.65 Å². The van der Waals surface area contributed by atoms with Crippen LogP contribution in [0.2, 0.25) is 39.3 Å². The SMILES string of the molecule is C[Si](C)(C)[N-][Si](C)(C)C.[Ca+2].[c-]1cccc2ccccc12. The van der Waals surface area contributed by atoms with Gasteiger partial charge in [0.2, 0.25) is 0 Å². The van der Waals surface area contributed by atoms with Crippen molar-refractivity contribution in [1.29, 1.82) is 0 Å². The summed E-state index contributed by atoms with van der Waals surface area (Å²) in [6.45, 7) is 13.8. The van der Waals surface area contributed by atoms with Crippen molar-refractivity contribution in [3.63, 3.8) is 0 Å². The molecule has 0 aliphatic carbocycles. The summed E-state index contributed by atoms with van der Waals surface area (Å²) in [5, 5.41) is 2.44. The third-order valence-electron chi connectivity index (χ3n) is 2.24. The maximum Gasteiger partial charge on any atom is 2.00 e. The molecule has 0 saturated carbocycles. The Morgan fingerprint density at radius 3 is 1.75 bits per heavy atom. The first-order chi connectivity index (χ1) is 8.67. The summed E-state index contributed by atoms with van der Waals surface area (Å²) in [6.07, 6.45) is 0. The normalized spacial score (nSPS) is 11.3. The number of benzene rings is 2. The largest absolute Gasteiger partial charge is 2.00 e. The molecule has 0 unspecified atom stereocenters. The van der Waals surface area contributed by atoms with Crippen LogP contribution in [0.15, 0.2) is 42.5 Å². The maximum atomic E-state index is 4.82. The molecule has 0 spiro atoms. The van der Waals surface area contributed by atoms with Crippen molar-refractivity contribution in [3.8, 4) is 0 Å². The summed E-state index contributed by atoms with van der Waals surface area (Å²) in [6, 6.07) is 17.4. The second-order valence-electron chi connectivity index (χ2n) is 6.71. The van der Waals surface area contributed by atoms with Gasteiger partial charge in [-0.05, 0) is 0 Å². The molecule has 0 fully saturated rings. The van der Waals surface area contributed by atoms with E-state index >= 15 is 0 Å². The molecule has 0 amide bonds. The number of rotatable bonds is 2. The van der Waals surface area contributed by atoms with Crippen LogP contribution in [-0.2, 0) is 0 Å². The van der Waals surface area contributed by atoms with Crippen molar-refractivity contribution in [2.24, 2.45) is 0 Å². The van der Waals surface area contributed by atoms with E-state index in [1.165, 1.54) is 10.8 Å². The Hall–Kier alpha value is 0.354. The van der Waals surface area contributed by atoms with Crippen LogP contribution in [0, 0.1) is 6.07 Å². The van der Waals surface area contributed by atoms with Crippen LogP contribution >= 0.6 is 0 Å². The molecule has 0 aromatic heterocycles. The zero-order valence-electron chi connectivity index (χ0n) is 13.7. The summed E-state index contributed by atoms with van der Waals surface area (Å²) < 4.78 is 4.82. The monoisotopic (exact) mass is 327 g/mol. The van der Waals surface area contributed by atoms with Crippen molar-refractivity contribution in [1.82, 2.24) is 0 Å². The van der Waals surface area contributed by atoms with Gasteiger partial charge in [-0.3, -0.25) is 0 Å². The summed E-state index contributed by atoms with van der Waals surface area (Å²) >= 11 is 0. The van der Waals surface area contributed by atoms with Crippen molar-refractivity contribution in [3.05, 3.63) is 53.2 Å². The first kappa shape index (κ1) is 20.4. The fraction of sp³-hybridized carbons (Fsp3) is 0.375. The van der Waals surface area contributed by atoms with Gasteiger partial charge in [-0.2, -0.15) is 0 Å². The summed E-state index contributed by atoms with van der Waals surface area (Å²) in [5.41, 5.74) is 0. The molecule has 2 aromatic rings. The topological polar surface area (TPSA) is 14.1 Å². The molecule has 0 saturated heterocycles. The molecule has 0 N–H and O–H groups in total. The van der Waals surface area contributed by atoms with Gasteiger partial charge in [-0.15, -0.1) is 47.2 Å². The Bertz CT molecular complexity index is 438. The van der Waals surface area contributed by atoms with E-state index in [1.807, 2.05) is 24.3 Å². The molecule has 104 valence electrons. The van der Waals surface area contributed by atoms with Crippen LogP contribution in [0.3, 0.4) is 0 Å². The van der Waals surface area contributed by atoms with Crippen molar-refractivity contribution < 1.29 is 0 Å². The van der Waals surface area contributed by atoms with E-state index in [-0.39, 0.29) is 37.7 Å². The summed E-state index contributed by atoms with van der Waals surface area (Å²) in [5.74, 6) is 0. The number of hydrogen-bond donors (Lipinski definition) is 0. The first-order valence-electron chi connectivity index (χ1n) is 6.77. The smallest absolute Gasteiger partial charge is 0.668 e. The molecule has 0 bridgehead atoms. The fourth-order valence-electron chi connectivity index (χ4n) is 2.07. The maximum absolute atomic E-state index is 4.82. The summed E-state index contributed by atoms with van der Waals surface area (Å²) in [7, 11) is -2.21. The Kier molecular flexibility index (Phi) is 8.87. The molecule has 0 aliphatic rings. The molecule has 0 atom stereocenters. The van der Waals surface area contributed by atoms with E-state index in [9.17, 15) is 0 Å². The summed E-state index contributed by atoms with van der Waals surface area (Å²) in [4.78, 5) is 0. The van der Waals surface area contributed by atoms with Crippen LogP contribution in [0.25, 0.3) is 15.4 Å². The van der Waals surface area contributed by atoms with Gasteiger partial charge in [0, 0.05) is 0 Å². The minimum absolute atomic E-state index is 0. The second kappa shape index (κ2) is 8.71. The van der Waals surface area contributed by atoms with Crippen LogP contribution < -0.4 is 0 Å². The minimum atomic E-state index is -1.11. The van der Waals surface area contributed by atoms with Crippen molar-refractivity contribution in [2.45, 2.75) is 39.3 Å². The van der Waals surface area contributed by atoms with Gasteiger partial charge in [0.15, 0.2) is 0 Å². The zero-order chi connectivity index (χ0) is 14.5. The van der Waals surface area contributed by atoms with Crippen molar-refractivity contribution >= 4 is 65.0 Å². The van der Waals surface area contributed by atoms with Crippen LogP contribution in [0.5, 0.6) is 0 Å². The molecule has 2 rings (SSSR count). The molecule has 4 heteroatoms. The Balaban J connectivity index is 0.000000347. The Morgan fingerprint density at radius 1 is 0.800 bits per heavy atom. The van der Waals surface area contributed by atoms with Gasteiger partial charge in [-0.1, -0.05) is 67.9 Å². The molecule has 1 nitrogen and oxygen atoms in total. The quantitative estimate of drug-likeness (QED) is 0.525. The van der Waals surface area contributed by atoms with Gasteiger partial charge in [0.25, 0.3) is 0 Å². The first-order valence-corrected chi connectivity index (χ1v) is 13.7. The molecular weight excluding hydrogens is 302 g/mol. The third kappa shape index (κ3) is 9.32. The van der Waals surface area contributed by atoms with E-state index in [0.29, 0.717) is 0 Å². The average molecular weight is 328 g/mol. The predicted octanol–water partition coefficient (Wildman–Crippen LogP) is 5.29. The van der Waals surface area contributed by atoms with Gasteiger partial charge < -0.3 is 4.65 Å². The minimum Gasteiger partial charge on any atom is -0.668 e. The second-order valence-corrected chi connectivity index (χ2v) is 16.3. The molecule has 0 aliphatic heterocycles. The Labute approximate surface area is 156 Å². The van der Waals surface area contributed by atoms with Gasteiger partial charge in [-0.25, -0.2) is 0 Å². The number of hydrogen-bond acceptors (Lipinski definition) is 0. The zero-order valence-corrected chi connectivity index (χ0v) is 17.9. The van der Waals surface area contributed by atoms with E-state index in [1.54, 1.807) is 0 Å². The van der Waals surface area contributed by atoms with Gasteiger partial charge in [0.1, 0.15) is 0 Å². The number of nitrogens with zero attached hydrogens (tertiary/aromatic N) is 1. The fourth-order valence-corrected chi connectivity index (χ4v) is 10.1. The third-order valence-corrected chi connectivity index (χ3v) is 7.61. The predicted molar refractivity (Wildman–Crippen MR) is 98.6 cm³/mol. The molecule has 20 heavy (non-hydrogen) atoms. The standard InChI is InChI=1S/C10H7.C6H18NSi2.Ca/c1-2-6-10-8-4-3-7-9(10)5-1;1-8(2,3)7-9(4,5)6;/h1-7H;1-6H3;/q2*-1;+2. The molecule has 2 aromatic carbocycles. The Morgan fingerprint density at radius 2 is 1.30 bits per heavy atom. The average Bonchev–Trinajstić information content (AvgIpc) is 2.25. The van der Waals surface area contributed by atoms with E-state index in [0.717, 1.165) is 0 Å². The molecule has 0 radical (unpaired) electrons. The van der Waals surface area contributed by atoms with Gasteiger partial charge in [0.05, 0.1) is 0 Å². The van der Waals surface area contributed by atoms with Gasteiger partial charge >= 0.3 is 37.7 Å². The van der Waals surface area contributed by atoms with E-state index < -0.39 is 16.5 Å². The van der Waals surface area contributed by atoms with Crippen molar-refractivity contribution in [2.75, 3.05) is 0 Å². The van der Waals surface area contributed by atoms with Crippen LogP contribution in [0.4, 0.5) is 0 Å². The van der Waals surface area contributed by atoms with E-state index in [2.05, 4.69) is 63.5 Å².